The van der Waals surface area contributed by atoms with Crippen LogP contribution in [0.4, 0.5) is 43.7 Å². The number of ether oxygens (including phenoxy) is 2. The number of nitrogens with one attached hydrogen (secondary N) is 2. The molecular formula is C16H22CoN10O20+2. The van der Waals surface area contributed by atoms with E-state index < -0.39 is 87.3 Å². The predicted molar refractivity (Wildman–Crippen MR) is 141 cm³/mol. The molecule has 0 spiro atoms. The van der Waals surface area contributed by atoms with Crippen LogP contribution >= 0.6 is 0 Å². The normalized spacial score (nSPS) is 8.43. The van der Waals surface area contributed by atoms with Crippen molar-refractivity contribution in [1.29, 1.82) is 0 Å². The zero-order valence-corrected chi connectivity index (χ0v) is 24.0. The Morgan fingerprint density at radius 3 is 0.830 bits per heavy atom. The number of nitrogens with zero attached hydrogens (tertiary/aromatic N) is 6. The Balaban J connectivity index is -0.000000179. The number of methoxy groups -OCH3 is 2. The van der Waals surface area contributed by atoms with Crippen LogP contribution in [0, 0.1) is 60.7 Å². The molecule has 2 aromatic rings. The number of hydrogen-bond donors (Lipinski definition) is 4. The van der Waals surface area contributed by atoms with Crippen LogP contribution in [0.25, 0.3) is 0 Å². The van der Waals surface area contributed by atoms with Crippen LogP contribution in [0.2, 0.25) is 0 Å². The van der Waals surface area contributed by atoms with Crippen LogP contribution in [0.3, 0.4) is 0 Å². The minimum Gasteiger partial charge on any atom is -0.863 e. The molecule has 31 heteroatoms. The summed E-state index contributed by atoms with van der Waals surface area (Å²) in [7, 11) is 2.48. The second-order valence-corrected chi connectivity index (χ2v) is 6.44. The molecule has 0 aliphatic heterocycles. The van der Waals surface area contributed by atoms with E-state index >= 15 is 0 Å². The van der Waals surface area contributed by atoms with Crippen molar-refractivity contribution >= 4 is 46.3 Å². The number of non-ortho nitro benzene ring substituents is 2. The largest absolute Gasteiger partial charge is 2.00 e. The fraction of sp³-hybridized carbons (Fsp3) is 0.125. The first-order valence-corrected chi connectivity index (χ1v) is 9.96. The third-order valence-electron chi connectivity index (χ3n) is 3.88. The SMILES string of the molecule is COC(=O)NN.COC(=O)NN.O=[N+]([O-])c1cc([N+](=O)[O-])c([O-])c([N+](=O)[O-])c1.O=[N+]([O-])c1cc([N+](=O)[O-])c([O-])c([N+](=O)[O-])c1.[Co+2].[OH3+].[OH3+]. The molecule has 0 bridgehead atoms. The Bertz CT molecular complexity index is 1270. The molecule has 263 valence electrons. The van der Waals surface area contributed by atoms with Crippen molar-refractivity contribution in [2.45, 2.75) is 0 Å². The first-order chi connectivity index (χ1) is 20.3. The maximum absolute atomic E-state index is 11.1. The van der Waals surface area contributed by atoms with E-state index in [1.807, 2.05) is 0 Å². The van der Waals surface area contributed by atoms with Gasteiger partial charge in [0, 0.05) is 0 Å². The van der Waals surface area contributed by atoms with E-state index in [0.29, 0.717) is 24.3 Å². The topological polar surface area (TPSA) is 500 Å². The number of nitro groups is 6. The fourth-order valence-corrected chi connectivity index (χ4v) is 2.04. The van der Waals surface area contributed by atoms with Gasteiger partial charge >= 0.3 is 29.0 Å². The molecule has 0 atom stereocenters. The number of nitro benzene ring substituents is 6. The Labute approximate surface area is 266 Å². The third-order valence-corrected chi connectivity index (χ3v) is 3.88. The number of carbonyl (C=O) groups excluding carboxylic acids is 2. The molecule has 0 heterocycles. The van der Waals surface area contributed by atoms with E-state index in [-0.39, 0.29) is 27.7 Å². The fourth-order valence-electron chi connectivity index (χ4n) is 2.04. The van der Waals surface area contributed by atoms with Gasteiger partial charge in [0.15, 0.2) is 0 Å². The number of hydrazine groups is 2. The number of rotatable bonds is 6. The summed E-state index contributed by atoms with van der Waals surface area (Å²) in [6.45, 7) is 0. The van der Waals surface area contributed by atoms with Crippen LogP contribution in [-0.2, 0) is 37.2 Å². The van der Waals surface area contributed by atoms with Crippen molar-refractivity contribution in [2.75, 3.05) is 14.2 Å². The van der Waals surface area contributed by atoms with E-state index in [4.69, 9.17) is 0 Å². The van der Waals surface area contributed by atoms with Crippen molar-refractivity contribution in [3.63, 3.8) is 0 Å². The number of hydrogen-bond acceptors (Lipinski definition) is 20. The third kappa shape index (κ3) is 16.7. The van der Waals surface area contributed by atoms with Crippen LogP contribution in [-0.4, -0.2) is 55.9 Å². The van der Waals surface area contributed by atoms with E-state index in [0.717, 1.165) is 0 Å². The summed E-state index contributed by atoms with van der Waals surface area (Å²) in [6.07, 6.45) is -1.26. The zero-order chi connectivity index (χ0) is 34.9. The van der Waals surface area contributed by atoms with Gasteiger partial charge in [-0.05, 0) is 0 Å². The molecule has 12 N–H and O–H groups in total. The number of benzene rings is 2. The van der Waals surface area contributed by atoms with E-state index in [1.54, 1.807) is 10.9 Å². The van der Waals surface area contributed by atoms with Crippen molar-refractivity contribution < 1.29 is 86.5 Å². The van der Waals surface area contributed by atoms with Crippen molar-refractivity contribution in [3.05, 3.63) is 85.0 Å². The van der Waals surface area contributed by atoms with Crippen LogP contribution in [0.15, 0.2) is 24.3 Å². The van der Waals surface area contributed by atoms with Gasteiger partial charge in [-0.25, -0.2) is 21.3 Å². The Morgan fingerprint density at radius 2 is 0.745 bits per heavy atom. The average Bonchev–Trinajstić information content (AvgIpc) is 2.96. The quantitative estimate of drug-likeness (QED) is 0.0787. The minimum atomic E-state index is -1.46. The standard InChI is InChI=1S/2C6H3N3O7.2C2H6N2O2.Co.2H2O/c2*10-6-4(8(13)14)1-3(7(11)12)2-5(6)9(15)16;2*1-6-2(5)4-3;;;/h2*1-2,10H;2*3H2,1H3,(H,4,5);;2*1H2/q;;;;+2;;. The van der Waals surface area contributed by atoms with Gasteiger partial charge in [0.25, 0.3) is 34.1 Å². The van der Waals surface area contributed by atoms with Gasteiger partial charge < -0.3 is 30.6 Å². The molecule has 0 unspecified atom stereocenters. The molecule has 0 aliphatic rings. The van der Waals surface area contributed by atoms with Crippen LogP contribution in [0.1, 0.15) is 0 Å². The van der Waals surface area contributed by atoms with Gasteiger partial charge in [-0.15, -0.1) is 0 Å². The summed E-state index contributed by atoms with van der Waals surface area (Å²) < 4.78 is 8.05. The van der Waals surface area contributed by atoms with Gasteiger partial charge in [0.1, 0.15) is 0 Å². The molecule has 47 heavy (non-hydrogen) atoms. The number of nitrogens with two attached hydrogens (primary N) is 2. The first kappa shape index (κ1) is 50.0. The summed E-state index contributed by atoms with van der Waals surface area (Å²) in [5, 5.41) is 84.2. The second kappa shape index (κ2) is 23.7. The zero-order valence-electron chi connectivity index (χ0n) is 23.0. The summed E-state index contributed by atoms with van der Waals surface area (Å²) in [6, 6.07) is 1.54. The smallest absolute Gasteiger partial charge is 0.863 e. The maximum atomic E-state index is 11.1. The second-order valence-electron chi connectivity index (χ2n) is 6.44. The summed E-state index contributed by atoms with van der Waals surface area (Å²) >= 11 is 0. The molecule has 2 amide bonds. The van der Waals surface area contributed by atoms with Gasteiger partial charge in [-0.2, -0.15) is 0 Å². The monoisotopic (exact) mass is 733 g/mol. The summed E-state index contributed by atoms with van der Waals surface area (Å²) in [4.78, 5) is 74.5. The Morgan fingerprint density at radius 1 is 0.553 bits per heavy atom. The molecule has 0 fully saturated rings. The number of amides is 2. The Hall–Kier alpha value is -6.67. The molecule has 2 rings (SSSR count). The molecule has 0 aromatic heterocycles. The summed E-state index contributed by atoms with van der Waals surface area (Å²) in [5.74, 6) is 6.20. The van der Waals surface area contributed by atoms with Gasteiger partial charge in [0.05, 0.1) is 79.5 Å². The molecule has 0 saturated heterocycles. The first-order valence-electron chi connectivity index (χ1n) is 9.96. The van der Waals surface area contributed by atoms with Crippen molar-refractivity contribution in [1.82, 2.24) is 10.9 Å². The van der Waals surface area contributed by atoms with Crippen LogP contribution in [0.5, 0.6) is 11.5 Å². The van der Waals surface area contributed by atoms with Gasteiger partial charge in [-0.1, -0.05) is 0 Å². The number of carbonyl (C=O) groups is 2. The van der Waals surface area contributed by atoms with Gasteiger partial charge in [-0.3, -0.25) is 71.5 Å². The van der Waals surface area contributed by atoms with Crippen molar-refractivity contribution in [2.24, 2.45) is 11.7 Å². The Kier molecular flexibility index (Phi) is 25.2. The molecule has 30 nitrogen and oxygen atoms in total. The molecule has 2 aromatic carbocycles. The van der Waals surface area contributed by atoms with E-state index in [9.17, 15) is 80.5 Å². The molecule has 0 saturated carbocycles. The molecular weight excluding hydrogens is 711 g/mol. The molecule has 1 radical (unpaired) electrons. The molecule has 0 aliphatic carbocycles. The van der Waals surface area contributed by atoms with Crippen molar-refractivity contribution in [3.8, 4) is 11.5 Å². The minimum absolute atomic E-state index is 0. The van der Waals surface area contributed by atoms with E-state index in [1.165, 1.54) is 14.2 Å². The van der Waals surface area contributed by atoms with E-state index in [2.05, 4.69) is 21.2 Å². The predicted octanol–water partition coefficient (Wildman–Crippen LogP) is -2.44. The summed E-state index contributed by atoms with van der Waals surface area (Å²) in [5.41, 5.74) is -3.02. The van der Waals surface area contributed by atoms with Gasteiger partial charge in [0.2, 0.25) is 0 Å². The average molecular weight is 733 g/mol. The van der Waals surface area contributed by atoms with Crippen LogP contribution < -0.4 is 32.7 Å². The maximum Gasteiger partial charge on any atom is 2.00 e.